The molecule has 8 nitrogen and oxygen atoms in total. The van der Waals surface area contributed by atoms with Crippen molar-refractivity contribution in [3.05, 3.63) is 29.6 Å². The van der Waals surface area contributed by atoms with Crippen molar-refractivity contribution >= 4 is 11.9 Å². The lowest BCUT2D eigenvalue weighted by Gasteiger charge is -2.37. The normalized spacial score (nSPS) is 20.1. The van der Waals surface area contributed by atoms with Gasteiger partial charge in [0.05, 0.1) is 13.7 Å². The van der Waals surface area contributed by atoms with Crippen LogP contribution in [0.5, 0.6) is 5.75 Å². The van der Waals surface area contributed by atoms with Crippen molar-refractivity contribution < 1.29 is 18.7 Å². The number of nitrogens with zero attached hydrogens (tertiary/aromatic N) is 4. The summed E-state index contributed by atoms with van der Waals surface area (Å²) in [5.41, 5.74) is 0.927. The van der Waals surface area contributed by atoms with Gasteiger partial charge in [-0.1, -0.05) is 6.07 Å². The standard InChI is InChI=1S/C22H34FN5O3/c1-26(2)21(29)14-25-22(24-13-18-6-11-31-16-18)28-9-7-27(8-10-28)15-17-4-5-20(30-3)19(23)12-17/h4-5,12,18H,6-11,13-16H2,1-3H3,(H,24,25). The first-order valence-corrected chi connectivity index (χ1v) is 10.8. The maximum absolute atomic E-state index is 14.0. The second kappa shape index (κ2) is 11.3. The van der Waals surface area contributed by atoms with E-state index in [1.54, 1.807) is 25.1 Å². The fourth-order valence-corrected chi connectivity index (χ4v) is 3.72. The van der Waals surface area contributed by atoms with Crippen molar-refractivity contribution in [1.82, 2.24) is 20.0 Å². The highest BCUT2D eigenvalue weighted by molar-refractivity contribution is 5.85. The molecule has 1 N–H and O–H groups in total. The van der Waals surface area contributed by atoms with E-state index in [9.17, 15) is 9.18 Å². The van der Waals surface area contributed by atoms with Crippen molar-refractivity contribution in [2.75, 3.05) is 73.7 Å². The van der Waals surface area contributed by atoms with Crippen LogP contribution in [0.4, 0.5) is 4.39 Å². The molecule has 31 heavy (non-hydrogen) atoms. The highest BCUT2D eigenvalue weighted by Crippen LogP contribution is 2.19. The fraction of sp³-hybridized carbons (Fsp3) is 0.636. The Hall–Kier alpha value is -2.39. The third-order valence-corrected chi connectivity index (χ3v) is 5.73. The van der Waals surface area contributed by atoms with Crippen molar-refractivity contribution in [2.24, 2.45) is 10.9 Å². The lowest BCUT2D eigenvalue weighted by atomic mass is 10.1. The molecule has 1 atom stereocenters. The number of benzene rings is 1. The zero-order valence-electron chi connectivity index (χ0n) is 18.8. The molecule has 0 saturated carbocycles. The van der Waals surface area contributed by atoms with Crippen LogP contribution in [-0.4, -0.2) is 100 Å². The highest BCUT2D eigenvalue weighted by atomic mass is 19.1. The number of amides is 1. The molecular formula is C22H34FN5O3. The minimum Gasteiger partial charge on any atom is -0.494 e. The molecular weight excluding hydrogens is 401 g/mol. The van der Waals surface area contributed by atoms with Gasteiger partial charge >= 0.3 is 0 Å². The molecule has 1 aromatic carbocycles. The van der Waals surface area contributed by atoms with Crippen LogP contribution >= 0.6 is 0 Å². The Morgan fingerprint density at radius 3 is 2.71 bits per heavy atom. The average molecular weight is 436 g/mol. The SMILES string of the molecule is COc1ccc(CN2CCN(C(=NCC(=O)N(C)C)NCC3CCOC3)CC2)cc1F. The number of hydrogen-bond donors (Lipinski definition) is 1. The Morgan fingerprint density at radius 2 is 2.10 bits per heavy atom. The molecule has 2 aliphatic rings. The molecule has 0 radical (unpaired) electrons. The number of guanidine groups is 1. The quantitative estimate of drug-likeness (QED) is 0.510. The first kappa shape index (κ1) is 23.3. The molecule has 1 unspecified atom stereocenters. The van der Waals surface area contributed by atoms with Crippen LogP contribution in [0.1, 0.15) is 12.0 Å². The second-order valence-corrected chi connectivity index (χ2v) is 8.27. The molecule has 2 aliphatic heterocycles. The molecule has 3 rings (SSSR count). The van der Waals surface area contributed by atoms with E-state index in [-0.39, 0.29) is 24.0 Å². The van der Waals surface area contributed by atoms with Crippen molar-refractivity contribution in [3.8, 4) is 5.75 Å². The summed E-state index contributed by atoms with van der Waals surface area (Å²) < 4.78 is 24.4. The van der Waals surface area contributed by atoms with Crippen LogP contribution in [0.3, 0.4) is 0 Å². The van der Waals surface area contributed by atoms with Crippen LogP contribution in [0.25, 0.3) is 0 Å². The molecule has 2 saturated heterocycles. The van der Waals surface area contributed by atoms with E-state index < -0.39 is 0 Å². The summed E-state index contributed by atoms with van der Waals surface area (Å²) in [6, 6.07) is 5.11. The maximum atomic E-state index is 14.0. The Morgan fingerprint density at radius 1 is 1.32 bits per heavy atom. The first-order chi connectivity index (χ1) is 15.0. The predicted octanol–water partition coefficient (Wildman–Crippen LogP) is 1.02. The molecule has 1 amide bonds. The zero-order chi connectivity index (χ0) is 22.2. The van der Waals surface area contributed by atoms with Crippen LogP contribution < -0.4 is 10.1 Å². The smallest absolute Gasteiger partial charge is 0.243 e. The van der Waals surface area contributed by atoms with Crippen molar-refractivity contribution in [1.29, 1.82) is 0 Å². The minimum atomic E-state index is -0.335. The number of ether oxygens (including phenoxy) is 2. The van der Waals surface area contributed by atoms with Crippen LogP contribution in [-0.2, 0) is 16.1 Å². The summed E-state index contributed by atoms with van der Waals surface area (Å²) in [5.74, 6) is 1.15. The molecule has 0 bridgehead atoms. The minimum absolute atomic E-state index is 0.0244. The predicted molar refractivity (Wildman–Crippen MR) is 118 cm³/mol. The number of hydrogen-bond acceptors (Lipinski definition) is 5. The number of halogens is 1. The third kappa shape index (κ3) is 6.80. The van der Waals surface area contributed by atoms with Crippen molar-refractivity contribution in [3.63, 3.8) is 0 Å². The van der Waals surface area contributed by atoms with Gasteiger partial charge in [-0.15, -0.1) is 0 Å². The largest absolute Gasteiger partial charge is 0.494 e. The molecule has 2 fully saturated rings. The van der Waals surface area contributed by atoms with Gasteiger partial charge in [-0.05, 0) is 24.1 Å². The summed E-state index contributed by atoms with van der Waals surface area (Å²) in [4.78, 5) is 22.7. The van der Waals surface area contributed by atoms with Crippen LogP contribution in [0.2, 0.25) is 0 Å². The summed E-state index contributed by atoms with van der Waals surface area (Å²) >= 11 is 0. The lowest BCUT2D eigenvalue weighted by Crippen LogP contribution is -2.53. The maximum Gasteiger partial charge on any atom is 0.243 e. The Kier molecular flexibility index (Phi) is 8.48. The molecule has 0 spiro atoms. The van der Waals surface area contributed by atoms with E-state index in [4.69, 9.17) is 9.47 Å². The molecule has 9 heteroatoms. The molecule has 0 aliphatic carbocycles. The number of carbonyl (C=O) groups is 1. The number of methoxy groups -OCH3 is 1. The number of aliphatic imine (C=N–C) groups is 1. The Balaban J connectivity index is 1.56. The topological polar surface area (TPSA) is 69.6 Å². The highest BCUT2D eigenvalue weighted by Gasteiger charge is 2.22. The van der Waals surface area contributed by atoms with Crippen molar-refractivity contribution in [2.45, 2.75) is 13.0 Å². The van der Waals surface area contributed by atoms with Gasteiger partial charge in [0.25, 0.3) is 0 Å². The number of likely N-dealkylation sites (N-methyl/N-ethyl adjacent to an activating group) is 1. The van der Waals surface area contributed by atoms with E-state index in [1.807, 2.05) is 6.07 Å². The van der Waals surface area contributed by atoms with Gasteiger partial charge in [-0.2, -0.15) is 0 Å². The third-order valence-electron chi connectivity index (χ3n) is 5.73. The van der Waals surface area contributed by atoms with Gasteiger partial charge < -0.3 is 24.6 Å². The summed E-state index contributed by atoms with van der Waals surface area (Å²) in [6.45, 7) is 6.44. The number of rotatable bonds is 7. The van der Waals surface area contributed by atoms with Gasteiger partial charge in [-0.25, -0.2) is 9.38 Å². The van der Waals surface area contributed by atoms with Crippen LogP contribution in [0, 0.1) is 11.7 Å². The van der Waals surface area contributed by atoms with E-state index >= 15 is 0 Å². The Labute approximate surface area is 184 Å². The molecule has 0 aromatic heterocycles. The number of nitrogens with one attached hydrogen (secondary N) is 1. The summed E-state index contributed by atoms with van der Waals surface area (Å²) in [7, 11) is 4.94. The molecule has 2 heterocycles. The van der Waals surface area contributed by atoms with Crippen LogP contribution in [0.15, 0.2) is 23.2 Å². The number of carbonyl (C=O) groups excluding carboxylic acids is 1. The van der Waals surface area contributed by atoms with Gasteiger partial charge in [-0.3, -0.25) is 9.69 Å². The zero-order valence-corrected chi connectivity index (χ0v) is 18.8. The second-order valence-electron chi connectivity index (χ2n) is 8.27. The summed E-state index contributed by atoms with van der Waals surface area (Å²) in [5, 5.41) is 3.45. The van der Waals surface area contributed by atoms with Gasteiger partial charge in [0.15, 0.2) is 17.5 Å². The first-order valence-electron chi connectivity index (χ1n) is 10.8. The lowest BCUT2D eigenvalue weighted by molar-refractivity contribution is -0.127. The van der Waals surface area contributed by atoms with Gasteiger partial charge in [0.1, 0.15) is 6.54 Å². The van der Waals surface area contributed by atoms with E-state index in [1.165, 1.54) is 13.2 Å². The molecule has 172 valence electrons. The van der Waals surface area contributed by atoms with E-state index in [0.29, 0.717) is 12.5 Å². The fourth-order valence-electron chi connectivity index (χ4n) is 3.72. The van der Waals surface area contributed by atoms with E-state index in [0.717, 1.165) is 63.9 Å². The molecule has 1 aromatic rings. The average Bonchev–Trinajstić information content (AvgIpc) is 3.28. The monoisotopic (exact) mass is 435 g/mol. The van der Waals surface area contributed by atoms with Gasteiger partial charge in [0.2, 0.25) is 5.91 Å². The summed E-state index contributed by atoms with van der Waals surface area (Å²) in [6.07, 6.45) is 1.04. The number of piperazine rings is 1. The Bertz CT molecular complexity index is 760. The van der Waals surface area contributed by atoms with E-state index in [2.05, 4.69) is 20.1 Å². The van der Waals surface area contributed by atoms with Gasteiger partial charge in [0, 0.05) is 65.9 Å².